The molecule has 1 unspecified atom stereocenters. The van der Waals surface area contributed by atoms with Gasteiger partial charge in [-0.25, -0.2) is 0 Å². The van der Waals surface area contributed by atoms with Crippen molar-refractivity contribution < 1.29 is 9.53 Å². The molecule has 1 aromatic carbocycles. The summed E-state index contributed by atoms with van der Waals surface area (Å²) in [5.74, 6) is 0.476. The highest BCUT2D eigenvalue weighted by Gasteiger charge is 2.28. The summed E-state index contributed by atoms with van der Waals surface area (Å²) in [6.45, 7) is 7.52. The molecule has 0 aliphatic carbocycles. The Hall–Kier alpha value is -1.35. The van der Waals surface area contributed by atoms with Crippen LogP contribution in [0.25, 0.3) is 0 Å². The number of rotatable bonds is 5. The van der Waals surface area contributed by atoms with E-state index in [-0.39, 0.29) is 11.9 Å². The fourth-order valence-electron chi connectivity index (χ4n) is 2.92. The lowest BCUT2D eigenvalue weighted by Crippen LogP contribution is -2.37. The topological polar surface area (TPSA) is 29.5 Å². The second-order valence-corrected chi connectivity index (χ2v) is 5.64. The standard InChI is InChI=1S/C17H25NO2/c1-3-20-17(19)14(2)16-9-11-18(12-10-16)13-15-7-5-4-6-8-15/h4-8,14,16H,3,9-13H2,1-2H3. The molecule has 0 aromatic heterocycles. The molecule has 3 heteroatoms. The Kier molecular flexibility index (Phi) is 5.60. The third-order valence-corrected chi connectivity index (χ3v) is 4.25. The molecule has 0 spiro atoms. The Balaban J connectivity index is 1.79. The molecule has 1 atom stereocenters. The van der Waals surface area contributed by atoms with Crippen LogP contribution in [-0.4, -0.2) is 30.6 Å². The monoisotopic (exact) mass is 275 g/mol. The van der Waals surface area contributed by atoms with E-state index in [1.165, 1.54) is 5.56 Å². The van der Waals surface area contributed by atoms with Crippen molar-refractivity contribution in [1.29, 1.82) is 0 Å². The first kappa shape index (κ1) is 15.0. The van der Waals surface area contributed by atoms with Gasteiger partial charge in [-0.2, -0.15) is 0 Å². The van der Waals surface area contributed by atoms with Gasteiger partial charge in [-0.1, -0.05) is 37.3 Å². The summed E-state index contributed by atoms with van der Waals surface area (Å²) >= 11 is 0. The van der Waals surface area contributed by atoms with Crippen LogP contribution in [0, 0.1) is 11.8 Å². The van der Waals surface area contributed by atoms with E-state index in [0.717, 1.165) is 32.5 Å². The van der Waals surface area contributed by atoms with Crippen LogP contribution in [0.1, 0.15) is 32.3 Å². The number of nitrogens with zero attached hydrogens (tertiary/aromatic N) is 1. The maximum atomic E-state index is 11.8. The van der Waals surface area contributed by atoms with E-state index in [9.17, 15) is 4.79 Å². The Morgan fingerprint density at radius 3 is 2.55 bits per heavy atom. The van der Waals surface area contributed by atoms with Crippen molar-refractivity contribution in [2.24, 2.45) is 11.8 Å². The van der Waals surface area contributed by atoms with Gasteiger partial charge in [0, 0.05) is 6.54 Å². The molecule has 1 aliphatic heterocycles. The van der Waals surface area contributed by atoms with Gasteiger partial charge in [0.1, 0.15) is 0 Å². The van der Waals surface area contributed by atoms with Gasteiger partial charge in [0.05, 0.1) is 12.5 Å². The number of likely N-dealkylation sites (tertiary alicyclic amines) is 1. The first-order valence-corrected chi connectivity index (χ1v) is 7.63. The molecule has 1 aromatic rings. The van der Waals surface area contributed by atoms with E-state index in [1.54, 1.807) is 0 Å². The van der Waals surface area contributed by atoms with E-state index in [4.69, 9.17) is 4.74 Å². The van der Waals surface area contributed by atoms with E-state index in [1.807, 2.05) is 13.8 Å². The Bertz CT molecular complexity index is 410. The quantitative estimate of drug-likeness (QED) is 0.773. The van der Waals surface area contributed by atoms with E-state index in [2.05, 4.69) is 35.2 Å². The summed E-state index contributed by atoms with van der Waals surface area (Å²) in [5.41, 5.74) is 1.37. The SMILES string of the molecule is CCOC(=O)C(C)C1CCN(Cc2ccccc2)CC1. The number of hydrogen-bond donors (Lipinski definition) is 0. The fourth-order valence-corrected chi connectivity index (χ4v) is 2.92. The summed E-state index contributed by atoms with van der Waals surface area (Å²) in [7, 11) is 0. The summed E-state index contributed by atoms with van der Waals surface area (Å²) in [6, 6.07) is 10.6. The maximum absolute atomic E-state index is 11.8. The van der Waals surface area contributed by atoms with Crippen LogP contribution in [0.5, 0.6) is 0 Å². The molecule has 0 bridgehead atoms. The van der Waals surface area contributed by atoms with Gasteiger partial charge < -0.3 is 4.74 Å². The molecule has 110 valence electrons. The van der Waals surface area contributed by atoms with Crippen molar-refractivity contribution in [2.75, 3.05) is 19.7 Å². The lowest BCUT2D eigenvalue weighted by molar-refractivity contribution is -0.149. The molecular weight excluding hydrogens is 250 g/mol. The Labute approximate surface area is 121 Å². The molecule has 1 saturated heterocycles. The number of benzene rings is 1. The highest BCUT2D eigenvalue weighted by Crippen LogP contribution is 2.26. The van der Waals surface area contributed by atoms with Crippen molar-refractivity contribution in [3.05, 3.63) is 35.9 Å². The second-order valence-electron chi connectivity index (χ2n) is 5.64. The maximum Gasteiger partial charge on any atom is 0.308 e. The number of hydrogen-bond acceptors (Lipinski definition) is 3. The van der Waals surface area contributed by atoms with Crippen LogP contribution in [0.4, 0.5) is 0 Å². The zero-order chi connectivity index (χ0) is 14.4. The van der Waals surface area contributed by atoms with E-state index >= 15 is 0 Å². The van der Waals surface area contributed by atoms with Gasteiger partial charge in [0.25, 0.3) is 0 Å². The molecule has 0 N–H and O–H groups in total. The lowest BCUT2D eigenvalue weighted by Gasteiger charge is -2.34. The molecule has 0 saturated carbocycles. The molecule has 1 fully saturated rings. The van der Waals surface area contributed by atoms with Gasteiger partial charge in [0.15, 0.2) is 0 Å². The summed E-state index contributed by atoms with van der Waals surface area (Å²) in [5, 5.41) is 0. The molecule has 0 radical (unpaired) electrons. The van der Waals surface area contributed by atoms with Crippen molar-refractivity contribution >= 4 is 5.97 Å². The minimum absolute atomic E-state index is 0.0333. The van der Waals surface area contributed by atoms with Crippen LogP contribution in [0.2, 0.25) is 0 Å². The minimum Gasteiger partial charge on any atom is -0.466 e. The molecule has 1 aliphatic rings. The molecule has 1 heterocycles. The van der Waals surface area contributed by atoms with Crippen LogP contribution in [-0.2, 0) is 16.1 Å². The number of esters is 1. The first-order chi connectivity index (χ1) is 9.70. The highest BCUT2D eigenvalue weighted by molar-refractivity contribution is 5.72. The molecule has 0 amide bonds. The molecule has 20 heavy (non-hydrogen) atoms. The van der Waals surface area contributed by atoms with Crippen molar-refractivity contribution in [2.45, 2.75) is 33.2 Å². The van der Waals surface area contributed by atoms with Gasteiger partial charge >= 0.3 is 5.97 Å². The van der Waals surface area contributed by atoms with Gasteiger partial charge in [0.2, 0.25) is 0 Å². The zero-order valence-corrected chi connectivity index (χ0v) is 12.5. The molecule has 2 rings (SSSR count). The largest absolute Gasteiger partial charge is 0.466 e. The van der Waals surface area contributed by atoms with Crippen molar-refractivity contribution in [3.8, 4) is 0 Å². The number of ether oxygens (including phenoxy) is 1. The average Bonchev–Trinajstić information content (AvgIpc) is 2.48. The van der Waals surface area contributed by atoms with E-state index in [0.29, 0.717) is 12.5 Å². The summed E-state index contributed by atoms with van der Waals surface area (Å²) in [6.07, 6.45) is 2.18. The fraction of sp³-hybridized carbons (Fsp3) is 0.588. The molecule has 3 nitrogen and oxygen atoms in total. The van der Waals surface area contributed by atoms with Crippen molar-refractivity contribution in [3.63, 3.8) is 0 Å². The minimum atomic E-state index is -0.0333. The van der Waals surface area contributed by atoms with Crippen LogP contribution >= 0.6 is 0 Å². The Morgan fingerprint density at radius 2 is 1.95 bits per heavy atom. The normalized spacial score (nSPS) is 18.7. The van der Waals surface area contributed by atoms with Gasteiger partial charge in [-0.05, 0) is 44.3 Å². The zero-order valence-electron chi connectivity index (χ0n) is 12.5. The van der Waals surface area contributed by atoms with Crippen LogP contribution in [0.3, 0.4) is 0 Å². The summed E-state index contributed by atoms with van der Waals surface area (Å²) in [4.78, 5) is 14.3. The predicted octanol–water partition coefficient (Wildman–Crippen LogP) is 3.10. The van der Waals surface area contributed by atoms with Crippen LogP contribution < -0.4 is 0 Å². The number of carbonyl (C=O) groups is 1. The van der Waals surface area contributed by atoms with E-state index < -0.39 is 0 Å². The lowest BCUT2D eigenvalue weighted by atomic mass is 9.85. The highest BCUT2D eigenvalue weighted by atomic mass is 16.5. The average molecular weight is 275 g/mol. The van der Waals surface area contributed by atoms with Gasteiger partial charge in [-0.3, -0.25) is 9.69 Å². The van der Waals surface area contributed by atoms with Gasteiger partial charge in [-0.15, -0.1) is 0 Å². The smallest absolute Gasteiger partial charge is 0.308 e. The summed E-state index contributed by atoms with van der Waals surface area (Å²) < 4.78 is 5.13. The number of carbonyl (C=O) groups excluding carboxylic acids is 1. The van der Waals surface area contributed by atoms with Crippen LogP contribution in [0.15, 0.2) is 30.3 Å². The second kappa shape index (κ2) is 7.44. The Morgan fingerprint density at radius 1 is 1.30 bits per heavy atom. The third kappa shape index (κ3) is 4.07. The number of piperidine rings is 1. The predicted molar refractivity (Wildman–Crippen MR) is 80.2 cm³/mol. The van der Waals surface area contributed by atoms with Crippen molar-refractivity contribution in [1.82, 2.24) is 4.90 Å². The third-order valence-electron chi connectivity index (χ3n) is 4.25. The molecular formula is C17H25NO2. The first-order valence-electron chi connectivity index (χ1n) is 7.63.